The molecule has 3 aromatic rings. The van der Waals surface area contributed by atoms with Gasteiger partial charge in [0.2, 0.25) is 0 Å². The van der Waals surface area contributed by atoms with Crippen LogP contribution >= 0.6 is 0 Å². The number of halogens is 2. The first-order chi connectivity index (χ1) is 15.7. The highest BCUT2D eigenvalue weighted by molar-refractivity contribution is 5.80. The zero-order chi connectivity index (χ0) is 21.9. The summed E-state index contributed by atoms with van der Waals surface area (Å²) in [5.74, 6) is 1.61. The number of hydrogen-bond acceptors (Lipinski definition) is 7. The third-order valence-corrected chi connectivity index (χ3v) is 5.65. The van der Waals surface area contributed by atoms with Gasteiger partial charge in [-0.2, -0.15) is 0 Å². The number of ether oxygens (including phenoxy) is 2. The number of benzene rings is 1. The van der Waals surface area contributed by atoms with Gasteiger partial charge >= 0.3 is 0 Å². The minimum atomic E-state index is -0.617. The first kappa shape index (κ1) is 20.7. The van der Waals surface area contributed by atoms with Crippen molar-refractivity contribution in [2.24, 2.45) is 0 Å². The molecule has 1 aliphatic heterocycles. The molecule has 0 radical (unpaired) electrons. The van der Waals surface area contributed by atoms with Gasteiger partial charge in [-0.3, -0.25) is 4.98 Å². The molecule has 2 fully saturated rings. The Hall–Kier alpha value is -3.23. The molecule has 168 valence electrons. The number of piperidine rings is 1. The molecule has 1 saturated carbocycles. The van der Waals surface area contributed by atoms with E-state index in [9.17, 15) is 8.78 Å². The molecule has 2 aliphatic rings. The maximum atomic E-state index is 14.4. The molecule has 0 bridgehead atoms. The van der Waals surface area contributed by atoms with Crippen molar-refractivity contribution < 1.29 is 18.3 Å². The Balaban J connectivity index is 1.26. The molecule has 0 amide bonds. The van der Waals surface area contributed by atoms with E-state index in [1.807, 2.05) is 6.07 Å². The molecule has 0 atom stereocenters. The normalized spacial score (nSPS) is 16.9. The van der Waals surface area contributed by atoms with E-state index in [1.54, 1.807) is 18.5 Å². The highest BCUT2D eigenvalue weighted by atomic mass is 19.1. The SMILES string of the molecule is FCCOc1ccc(OC2CCN(c3nc4cnccc4nc3NC3CC3)CC2)c(F)c1. The Morgan fingerprint density at radius 3 is 2.66 bits per heavy atom. The first-order valence-electron chi connectivity index (χ1n) is 11.0. The zero-order valence-corrected chi connectivity index (χ0v) is 17.6. The van der Waals surface area contributed by atoms with Crippen LogP contribution in [0.25, 0.3) is 11.0 Å². The lowest BCUT2D eigenvalue weighted by atomic mass is 10.1. The van der Waals surface area contributed by atoms with Crippen molar-refractivity contribution in [3.05, 3.63) is 42.5 Å². The number of nitrogens with zero attached hydrogens (tertiary/aromatic N) is 4. The average Bonchev–Trinajstić information content (AvgIpc) is 3.63. The Kier molecular flexibility index (Phi) is 5.87. The van der Waals surface area contributed by atoms with Crippen LogP contribution in [-0.2, 0) is 0 Å². The summed E-state index contributed by atoms with van der Waals surface area (Å²) in [6, 6.07) is 6.69. The molecule has 5 rings (SSSR count). The molecule has 32 heavy (non-hydrogen) atoms. The van der Waals surface area contributed by atoms with E-state index >= 15 is 0 Å². The van der Waals surface area contributed by atoms with Crippen LogP contribution in [0.1, 0.15) is 25.7 Å². The van der Waals surface area contributed by atoms with Gasteiger partial charge in [-0.1, -0.05) is 0 Å². The molecule has 1 aliphatic carbocycles. The summed E-state index contributed by atoms with van der Waals surface area (Å²) in [5.41, 5.74) is 1.58. The smallest absolute Gasteiger partial charge is 0.172 e. The quantitative estimate of drug-likeness (QED) is 0.563. The summed E-state index contributed by atoms with van der Waals surface area (Å²) in [6.07, 6.45) is 7.10. The fourth-order valence-corrected chi connectivity index (χ4v) is 3.82. The van der Waals surface area contributed by atoms with Crippen LogP contribution < -0.4 is 19.7 Å². The fourth-order valence-electron chi connectivity index (χ4n) is 3.82. The fraction of sp³-hybridized carbons (Fsp3) is 0.435. The third-order valence-electron chi connectivity index (χ3n) is 5.65. The van der Waals surface area contributed by atoms with Crippen molar-refractivity contribution in [1.82, 2.24) is 15.0 Å². The number of rotatable bonds is 8. The summed E-state index contributed by atoms with van der Waals surface area (Å²) in [4.78, 5) is 16.0. The molecule has 1 saturated heterocycles. The van der Waals surface area contributed by atoms with Crippen LogP contribution in [-0.4, -0.2) is 53.5 Å². The largest absolute Gasteiger partial charge is 0.491 e. The molecule has 1 aromatic carbocycles. The Bertz CT molecular complexity index is 1090. The maximum Gasteiger partial charge on any atom is 0.172 e. The van der Waals surface area contributed by atoms with Gasteiger partial charge < -0.3 is 19.7 Å². The van der Waals surface area contributed by atoms with Crippen LogP contribution in [0, 0.1) is 5.82 Å². The van der Waals surface area contributed by atoms with E-state index in [0.29, 0.717) is 11.8 Å². The first-order valence-corrected chi connectivity index (χ1v) is 11.0. The number of hydrogen-bond donors (Lipinski definition) is 1. The van der Waals surface area contributed by atoms with E-state index in [2.05, 4.69) is 15.2 Å². The number of aromatic nitrogens is 3. The minimum Gasteiger partial charge on any atom is -0.491 e. The maximum absolute atomic E-state index is 14.4. The number of nitrogens with one attached hydrogen (secondary N) is 1. The van der Waals surface area contributed by atoms with E-state index < -0.39 is 12.5 Å². The molecular weight excluding hydrogens is 416 g/mol. The van der Waals surface area contributed by atoms with Crippen LogP contribution in [0.2, 0.25) is 0 Å². The second-order valence-corrected chi connectivity index (χ2v) is 8.11. The number of fused-ring (bicyclic) bond motifs is 1. The second-order valence-electron chi connectivity index (χ2n) is 8.11. The van der Waals surface area contributed by atoms with Gasteiger partial charge in [0.15, 0.2) is 23.2 Å². The number of alkyl halides is 1. The molecule has 9 heteroatoms. The Morgan fingerprint density at radius 2 is 1.91 bits per heavy atom. The van der Waals surface area contributed by atoms with Gasteiger partial charge in [-0.05, 0) is 31.0 Å². The molecule has 0 unspecified atom stereocenters. The van der Waals surface area contributed by atoms with Crippen molar-refractivity contribution >= 4 is 22.7 Å². The van der Waals surface area contributed by atoms with Crippen molar-refractivity contribution in [2.45, 2.75) is 37.8 Å². The molecule has 0 spiro atoms. The van der Waals surface area contributed by atoms with Gasteiger partial charge in [0.05, 0.1) is 11.7 Å². The summed E-state index contributed by atoms with van der Waals surface area (Å²) in [7, 11) is 0. The number of anilines is 2. The lowest BCUT2D eigenvalue weighted by Crippen LogP contribution is -2.39. The Labute approximate surface area is 184 Å². The van der Waals surface area contributed by atoms with E-state index in [0.717, 1.165) is 61.4 Å². The van der Waals surface area contributed by atoms with Crippen molar-refractivity contribution in [3.63, 3.8) is 0 Å². The summed E-state index contributed by atoms with van der Waals surface area (Å²) < 4.78 is 37.6. The highest BCUT2D eigenvalue weighted by Gasteiger charge is 2.28. The molecule has 3 heterocycles. The summed E-state index contributed by atoms with van der Waals surface area (Å²) in [5, 5.41) is 3.50. The molecule has 1 N–H and O–H groups in total. The van der Waals surface area contributed by atoms with Crippen LogP contribution in [0.15, 0.2) is 36.7 Å². The standard InChI is InChI=1S/C23H25F2N5O2/c24-8-12-31-17-3-4-21(18(25)13-17)32-16-6-10-30(11-7-16)23-22(27-15-1-2-15)28-19-5-9-26-14-20(19)29-23/h3-5,9,13-16H,1-2,6-8,10-12H2,(H,27,28). The van der Waals surface area contributed by atoms with Gasteiger partial charge in [0.25, 0.3) is 0 Å². The van der Waals surface area contributed by atoms with Gasteiger partial charge in [0, 0.05) is 44.2 Å². The highest BCUT2D eigenvalue weighted by Crippen LogP contribution is 2.33. The molecule has 2 aromatic heterocycles. The van der Waals surface area contributed by atoms with Gasteiger partial charge in [-0.25, -0.2) is 18.7 Å². The predicted octanol–water partition coefficient (Wildman–Crippen LogP) is 4.13. The van der Waals surface area contributed by atoms with Gasteiger partial charge in [0.1, 0.15) is 30.7 Å². The lowest BCUT2D eigenvalue weighted by molar-refractivity contribution is 0.163. The van der Waals surface area contributed by atoms with E-state index in [4.69, 9.17) is 19.4 Å². The van der Waals surface area contributed by atoms with Crippen LogP contribution in [0.3, 0.4) is 0 Å². The summed E-state index contributed by atoms with van der Waals surface area (Å²) >= 11 is 0. The van der Waals surface area contributed by atoms with Crippen LogP contribution in [0.5, 0.6) is 11.5 Å². The zero-order valence-electron chi connectivity index (χ0n) is 17.6. The van der Waals surface area contributed by atoms with Crippen molar-refractivity contribution in [2.75, 3.05) is 36.6 Å². The van der Waals surface area contributed by atoms with E-state index in [1.165, 1.54) is 12.1 Å². The monoisotopic (exact) mass is 441 g/mol. The molecule has 7 nitrogen and oxygen atoms in total. The molecular formula is C23H25F2N5O2. The van der Waals surface area contributed by atoms with Gasteiger partial charge in [-0.15, -0.1) is 0 Å². The summed E-state index contributed by atoms with van der Waals surface area (Å²) in [6.45, 7) is 0.741. The topological polar surface area (TPSA) is 72.4 Å². The van der Waals surface area contributed by atoms with Crippen LogP contribution in [0.4, 0.5) is 20.4 Å². The van der Waals surface area contributed by atoms with E-state index in [-0.39, 0.29) is 18.5 Å². The third kappa shape index (κ3) is 4.66. The van der Waals surface area contributed by atoms with Crippen molar-refractivity contribution in [3.8, 4) is 11.5 Å². The second kappa shape index (κ2) is 9.10. The average molecular weight is 441 g/mol. The minimum absolute atomic E-state index is 0.0938. The Morgan fingerprint density at radius 1 is 1.06 bits per heavy atom. The van der Waals surface area contributed by atoms with Crippen molar-refractivity contribution in [1.29, 1.82) is 0 Å². The predicted molar refractivity (Wildman–Crippen MR) is 118 cm³/mol. The number of pyridine rings is 1. The lowest BCUT2D eigenvalue weighted by Gasteiger charge is -2.33.